The van der Waals surface area contributed by atoms with Crippen molar-refractivity contribution in [3.8, 4) is 0 Å². The first-order valence-corrected chi connectivity index (χ1v) is 11.8. The summed E-state index contributed by atoms with van der Waals surface area (Å²) in [6.07, 6.45) is 9.71. The minimum absolute atomic E-state index is 0.229. The van der Waals surface area contributed by atoms with Crippen LogP contribution in [0.3, 0.4) is 0 Å². The summed E-state index contributed by atoms with van der Waals surface area (Å²) in [6.45, 7) is 3.74. The van der Waals surface area contributed by atoms with Crippen molar-refractivity contribution in [2.24, 2.45) is 0 Å². The summed E-state index contributed by atoms with van der Waals surface area (Å²) in [6, 6.07) is 8.25. The van der Waals surface area contributed by atoms with Gasteiger partial charge in [-0.25, -0.2) is 9.37 Å². The van der Waals surface area contributed by atoms with Crippen molar-refractivity contribution in [3.05, 3.63) is 59.9 Å². The summed E-state index contributed by atoms with van der Waals surface area (Å²) in [7, 11) is 0. The number of anilines is 2. The maximum Gasteiger partial charge on any atom is 0.257 e. The molecule has 0 bridgehead atoms. The van der Waals surface area contributed by atoms with Crippen LogP contribution in [0.4, 0.5) is 15.8 Å². The molecule has 2 N–H and O–H groups in total. The molecule has 2 fully saturated rings. The number of halogens is 1. The first kappa shape index (κ1) is 21.0. The third-order valence-corrected chi connectivity index (χ3v) is 6.79. The van der Waals surface area contributed by atoms with Gasteiger partial charge >= 0.3 is 0 Å². The molecule has 8 nitrogen and oxygen atoms in total. The average molecular weight is 460 g/mol. The van der Waals surface area contributed by atoms with Crippen LogP contribution >= 0.6 is 0 Å². The van der Waals surface area contributed by atoms with Crippen molar-refractivity contribution in [2.75, 3.05) is 23.3 Å². The van der Waals surface area contributed by atoms with E-state index in [0.29, 0.717) is 22.8 Å². The molecule has 4 heterocycles. The number of aromatic nitrogens is 4. The van der Waals surface area contributed by atoms with Gasteiger partial charge in [-0.2, -0.15) is 5.10 Å². The number of aryl methyl sites for hydroxylation is 1. The van der Waals surface area contributed by atoms with Crippen LogP contribution in [0.15, 0.2) is 42.9 Å². The zero-order chi connectivity index (χ0) is 23.2. The van der Waals surface area contributed by atoms with Gasteiger partial charge < -0.3 is 15.5 Å². The van der Waals surface area contributed by atoms with Gasteiger partial charge in [0.1, 0.15) is 5.52 Å². The molecule has 1 amide bonds. The molecule has 9 heteroatoms. The number of carbonyl (C=O) groups excluding carboxylic acids is 1. The van der Waals surface area contributed by atoms with Crippen LogP contribution in [0.5, 0.6) is 0 Å². The van der Waals surface area contributed by atoms with Gasteiger partial charge in [-0.15, -0.1) is 5.10 Å². The fraction of sp³-hybridized carbons (Fsp3) is 0.360. The lowest BCUT2D eigenvalue weighted by Crippen LogP contribution is -2.43. The molecule has 1 saturated carbocycles. The zero-order valence-electron chi connectivity index (χ0n) is 19.0. The van der Waals surface area contributed by atoms with Gasteiger partial charge in [-0.05, 0) is 50.8 Å². The zero-order valence-corrected chi connectivity index (χ0v) is 19.0. The smallest absolute Gasteiger partial charge is 0.257 e. The number of carbonyl (C=O) groups is 1. The van der Waals surface area contributed by atoms with Gasteiger partial charge in [0.15, 0.2) is 11.5 Å². The number of benzene rings is 1. The van der Waals surface area contributed by atoms with E-state index in [1.807, 2.05) is 19.1 Å². The number of nitrogens with one attached hydrogen (secondary N) is 2. The van der Waals surface area contributed by atoms with Crippen molar-refractivity contribution in [1.82, 2.24) is 24.9 Å². The van der Waals surface area contributed by atoms with Crippen LogP contribution in [-0.2, 0) is 0 Å². The number of hydrogen-bond donors (Lipinski definition) is 2. The summed E-state index contributed by atoms with van der Waals surface area (Å²) >= 11 is 0. The lowest BCUT2D eigenvalue weighted by molar-refractivity contribution is 0.102. The molecule has 1 aliphatic heterocycles. The Hall–Kier alpha value is -3.59. The highest BCUT2D eigenvalue weighted by Gasteiger charge is 2.28. The minimum Gasteiger partial charge on any atom is -0.371 e. The van der Waals surface area contributed by atoms with E-state index in [9.17, 15) is 9.18 Å². The molecule has 0 atom stereocenters. The van der Waals surface area contributed by atoms with Crippen LogP contribution in [0, 0.1) is 12.7 Å². The molecule has 1 saturated heterocycles. The molecule has 174 valence electrons. The Morgan fingerprint density at radius 3 is 2.71 bits per heavy atom. The van der Waals surface area contributed by atoms with Crippen molar-refractivity contribution in [1.29, 1.82) is 0 Å². The second kappa shape index (κ2) is 8.32. The Balaban J connectivity index is 1.27. The fourth-order valence-electron chi connectivity index (χ4n) is 4.83. The quantitative estimate of drug-likeness (QED) is 0.473. The lowest BCUT2D eigenvalue weighted by atomic mass is 10.0. The number of amides is 1. The Kier molecular flexibility index (Phi) is 5.13. The molecule has 0 unspecified atom stereocenters. The van der Waals surface area contributed by atoms with Crippen molar-refractivity contribution < 1.29 is 9.18 Å². The lowest BCUT2D eigenvalue weighted by Gasteiger charge is -2.34. The number of hydrogen-bond acceptors (Lipinski definition) is 6. The SMILES string of the molecule is Cc1cnc2c(F)cc(NC(=O)c3ccc(N4CCC(NC5CC5)CC4)c4ccnnc34)cn12. The maximum atomic E-state index is 14.5. The normalized spacial score (nSPS) is 16.9. The first-order valence-electron chi connectivity index (χ1n) is 11.8. The van der Waals surface area contributed by atoms with Crippen LogP contribution in [0.2, 0.25) is 0 Å². The number of imidazole rings is 1. The standard InChI is InChI=1S/C25H26FN7O/c1-15-13-27-24-21(26)12-18(14-33(15)24)30-25(34)20-4-5-22(19-6-9-28-31-23(19)20)32-10-7-17(8-11-32)29-16-2-3-16/h4-6,9,12-14,16-17,29H,2-3,7-8,10-11H2,1H3,(H,30,34). The number of rotatable bonds is 5. The molecule has 6 rings (SSSR count). The second-order valence-corrected chi connectivity index (χ2v) is 9.25. The molecular formula is C25H26FN7O. The highest BCUT2D eigenvalue weighted by atomic mass is 19.1. The van der Waals surface area contributed by atoms with E-state index >= 15 is 0 Å². The van der Waals surface area contributed by atoms with Gasteiger partial charge in [0, 0.05) is 60.4 Å². The Bertz CT molecular complexity index is 1390. The molecule has 4 aromatic rings. The van der Waals surface area contributed by atoms with Gasteiger partial charge in [0.2, 0.25) is 0 Å². The van der Waals surface area contributed by atoms with Gasteiger partial charge in [0.25, 0.3) is 5.91 Å². The van der Waals surface area contributed by atoms with E-state index in [4.69, 9.17) is 0 Å². The topological polar surface area (TPSA) is 87.5 Å². The van der Waals surface area contributed by atoms with Crippen LogP contribution < -0.4 is 15.5 Å². The van der Waals surface area contributed by atoms with E-state index in [1.165, 1.54) is 18.9 Å². The van der Waals surface area contributed by atoms with Crippen molar-refractivity contribution >= 4 is 33.8 Å². The molecule has 1 aliphatic carbocycles. The molecule has 2 aliphatic rings. The summed E-state index contributed by atoms with van der Waals surface area (Å²) in [5, 5.41) is 15.8. The van der Waals surface area contributed by atoms with Gasteiger partial charge in [-0.3, -0.25) is 9.20 Å². The summed E-state index contributed by atoms with van der Waals surface area (Å²) < 4.78 is 16.1. The molecule has 34 heavy (non-hydrogen) atoms. The third kappa shape index (κ3) is 3.86. The number of nitrogens with zero attached hydrogens (tertiary/aromatic N) is 5. The monoisotopic (exact) mass is 459 g/mol. The minimum atomic E-state index is -0.495. The van der Waals surface area contributed by atoms with Crippen molar-refractivity contribution in [3.63, 3.8) is 0 Å². The van der Waals surface area contributed by atoms with Crippen LogP contribution in [-0.4, -0.2) is 50.7 Å². The van der Waals surface area contributed by atoms with Crippen LogP contribution in [0.25, 0.3) is 16.6 Å². The Morgan fingerprint density at radius 2 is 1.91 bits per heavy atom. The average Bonchev–Trinajstić information content (AvgIpc) is 3.59. The number of pyridine rings is 1. The first-order chi connectivity index (χ1) is 16.6. The fourth-order valence-corrected chi connectivity index (χ4v) is 4.83. The third-order valence-electron chi connectivity index (χ3n) is 6.79. The Labute approximate surface area is 196 Å². The molecular weight excluding hydrogens is 433 g/mol. The largest absolute Gasteiger partial charge is 0.371 e. The maximum absolute atomic E-state index is 14.5. The van der Waals surface area contributed by atoms with Gasteiger partial charge in [0.05, 0.1) is 17.4 Å². The summed E-state index contributed by atoms with van der Waals surface area (Å²) in [4.78, 5) is 19.6. The molecule has 1 aromatic carbocycles. The van der Waals surface area contributed by atoms with E-state index < -0.39 is 5.82 Å². The van der Waals surface area contributed by atoms with E-state index in [0.717, 1.165) is 48.7 Å². The Morgan fingerprint density at radius 1 is 1.12 bits per heavy atom. The highest BCUT2D eigenvalue weighted by molar-refractivity contribution is 6.13. The van der Waals surface area contributed by atoms with E-state index in [2.05, 4.69) is 30.7 Å². The predicted molar refractivity (Wildman–Crippen MR) is 129 cm³/mol. The van der Waals surface area contributed by atoms with Gasteiger partial charge in [-0.1, -0.05) is 0 Å². The molecule has 3 aromatic heterocycles. The highest BCUT2D eigenvalue weighted by Crippen LogP contribution is 2.31. The van der Waals surface area contributed by atoms with E-state index in [-0.39, 0.29) is 11.6 Å². The molecule has 0 spiro atoms. The second-order valence-electron chi connectivity index (χ2n) is 9.25. The molecule has 0 radical (unpaired) electrons. The van der Waals surface area contributed by atoms with Crippen LogP contribution in [0.1, 0.15) is 41.7 Å². The summed E-state index contributed by atoms with van der Waals surface area (Å²) in [5.74, 6) is -0.855. The van der Waals surface area contributed by atoms with Crippen molar-refractivity contribution in [2.45, 2.75) is 44.7 Å². The number of fused-ring (bicyclic) bond motifs is 2. The predicted octanol–water partition coefficient (Wildman–Crippen LogP) is 3.70. The summed E-state index contributed by atoms with van der Waals surface area (Å²) in [5.41, 5.74) is 3.36. The van der Waals surface area contributed by atoms with E-state index in [1.54, 1.807) is 29.1 Å². The number of piperidine rings is 1.